The summed E-state index contributed by atoms with van der Waals surface area (Å²) in [6, 6.07) is 0.424. The molecule has 1 rings (SSSR count). The lowest BCUT2D eigenvalue weighted by Crippen LogP contribution is -2.09. The van der Waals surface area contributed by atoms with Crippen molar-refractivity contribution in [3.8, 4) is 0 Å². The number of hydrogen-bond donors (Lipinski definition) is 1. The Labute approximate surface area is 111 Å². The summed E-state index contributed by atoms with van der Waals surface area (Å²) in [4.78, 5) is 4.08. The van der Waals surface area contributed by atoms with Crippen LogP contribution in [0.15, 0.2) is 18.7 Å². The van der Waals surface area contributed by atoms with Crippen molar-refractivity contribution in [3.63, 3.8) is 0 Å². The number of rotatable bonds is 11. The first kappa shape index (κ1) is 15.2. The summed E-state index contributed by atoms with van der Waals surface area (Å²) in [7, 11) is 0. The highest BCUT2D eigenvalue weighted by Gasteiger charge is 2.09. The van der Waals surface area contributed by atoms with Gasteiger partial charge in [-0.05, 0) is 12.8 Å². The highest BCUT2D eigenvalue weighted by molar-refractivity contribution is 4.80. The zero-order valence-electron chi connectivity index (χ0n) is 11.7. The minimum atomic E-state index is 0.263. The van der Waals surface area contributed by atoms with Gasteiger partial charge in [0.1, 0.15) is 0 Å². The van der Waals surface area contributed by atoms with Gasteiger partial charge in [-0.25, -0.2) is 4.98 Å². The van der Waals surface area contributed by atoms with E-state index in [1.165, 1.54) is 44.9 Å². The van der Waals surface area contributed by atoms with E-state index < -0.39 is 0 Å². The van der Waals surface area contributed by atoms with Gasteiger partial charge in [-0.2, -0.15) is 0 Å². The monoisotopic (exact) mass is 252 g/mol. The van der Waals surface area contributed by atoms with Gasteiger partial charge < -0.3 is 9.67 Å². The average molecular weight is 252 g/mol. The fourth-order valence-corrected chi connectivity index (χ4v) is 2.41. The lowest BCUT2D eigenvalue weighted by atomic mass is 10.0. The summed E-state index contributed by atoms with van der Waals surface area (Å²) in [5, 5.41) is 9.10. The summed E-state index contributed by atoms with van der Waals surface area (Å²) >= 11 is 0. The van der Waals surface area contributed by atoms with Crippen LogP contribution in [0, 0.1) is 0 Å². The highest BCUT2D eigenvalue weighted by atomic mass is 16.3. The highest BCUT2D eigenvalue weighted by Crippen LogP contribution is 2.19. The van der Waals surface area contributed by atoms with Crippen molar-refractivity contribution in [2.24, 2.45) is 0 Å². The maximum absolute atomic E-state index is 9.10. The van der Waals surface area contributed by atoms with Crippen molar-refractivity contribution in [2.45, 2.75) is 70.8 Å². The van der Waals surface area contributed by atoms with Crippen LogP contribution >= 0.6 is 0 Å². The molecule has 0 aliphatic heterocycles. The van der Waals surface area contributed by atoms with Crippen LogP contribution in [0.1, 0.15) is 70.8 Å². The first-order valence-electron chi connectivity index (χ1n) is 7.46. The van der Waals surface area contributed by atoms with Gasteiger partial charge in [0.25, 0.3) is 0 Å². The molecule has 3 nitrogen and oxygen atoms in total. The van der Waals surface area contributed by atoms with E-state index in [1.807, 2.05) is 18.7 Å². The van der Waals surface area contributed by atoms with Crippen LogP contribution in [-0.2, 0) is 0 Å². The standard InChI is InChI=1S/C15H28N2O/c1-2-3-4-5-6-7-8-9-15(10-13-18)17-12-11-16-14-17/h11-12,14-15,18H,2-10,13H2,1H3. The molecule has 1 aromatic heterocycles. The van der Waals surface area contributed by atoms with Crippen LogP contribution in [0.4, 0.5) is 0 Å². The molecule has 0 bridgehead atoms. The molecule has 104 valence electrons. The molecular weight excluding hydrogens is 224 g/mol. The third kappa shape index (κ3) is 6.20. The molecule has 0 aliphatic rings. The quantitative estimate of drug-likeness (QED) is 0.606. The lowest BCUT2D eigenvalue weighted by molar-refractivity contribution is 0.250. The molecule has 1 N–H and O–H groups in total. The summed E-state index contributed by atoms with van der Waals surface area (Å²) in [6.07, 6.45) is 17.1. The molecule has 1 heterocycles. The van der Waals surface area contributed by atoms with Crippen molar-refractivity contribution in [3.05, 3.63) is 18.7 Å². The second-order valence-corrected chi connectivity index (χ2v) is 5.09. The van der Waals surface area contributed by atoms with Crippen LogP contribution in [0.25, 0.3) is 0 Å². The molecule has 0 amide bonds. The first-order chi connectivity index (χ1) is 8.88. The van der Waals surface area contributed by atoms with Crippen LogP contribution < -0.4 is 0 Å². The summed E-state index contributed by atoms with van der Waals surface area (Å²) in [5.74, 6) is 0. The maximum atomic E-state index is 9.10. The van der Waals surface area contributed by atoms with Crippen molar-refractivity contribution < 1.29 is 5.11 Å². The predicted molar refractivity (Wildman–Crippen MR) is 75.6 cm³/mol. The Morgan fingerprint density at radius 3 is 2.39 bits per heavy atom. The van der Waals surface area contributed by atoms with Gasteiger partial charge in [0.15, 0.2) is 0 Å². The van der Waals surface area contributed by atoms with Gasteiger partial charge in [-0.1, -0.05) is 51.9 Å². The molecule has 1 atom stereocenters. The third-order valence-corrected chi connectivity index (χ3v) is 3.55. The Kier molecular flexibility index (Phi) is 8.57. The zero-order valence-corrected chi connectivity index (χ0v) is 11.7. The number of aromatic nitrogens is 2. The molecule has 1 aromatic rings. The van der Waals surface area contributed by atoms with E-state index in [2.05, 4.69) is 16.5 Å². The molecule has 0 fully saturated rings. The Morgan fingerprint density at radius 1 is 1.06 bits per heavy atom. The second-order valence-electron chi connectivity index (χ2n) is 5.09. The van der Waals surface area contributed by atoms with E-state index in [-0.39, 0.29) is 6.61 Å². The number of aliphatic hydroxyl groups excluding tert-OH is 1. The Hall–Kier alpha value is -0.830. The van der Waals surface area contributed by atoms with E-state index in [1.54, 1.807) is 0 Å². The predicted octanol–water partition coefficient (Wildman–Crippen LogP) is 3.95. The normalized spacial score (nSPS) is 12.8. The van der Waals surface area contributed by atoms with Gasteiger partial charge in [0.05, 0.1) is 6.33 Å². The molecule has 18 heavy (non-hydrogen) atoms. The molecule has 1 unspecified atom stereocenters. The largest absolute Gasteiger partial charge is 0.396 e. The van der Waals surface area contributed by atoms with Crippen molar-refractivity contribution in [2.75, 3.05) is 6.61 Å². The van der Waals surface area contributed by atoms with Gasteiger partial charge in [0.2, 0.25) is 0 Å². The number of unbranched alkanes of at least 4 members (excludes halogenated alkanes) is 6. The molecule has 0 aromatic carbocycles. The Balaban J connectivity index is 2.11. The third-order valence-electron chi connectivity index (χ3n) is 3.55. The molecule has 0 aliphatic carbocycles. The van der Waals surface area contributed by atoms with E-state index in [0.717, 1.165) is 12.8 Å². The zero-order chi connectivity index (χ0) is 13.1. The van der Waals surface area contributed by atoms with Crippen molar-refractivity contribution >= 4 is 0 Å². The van der Waals surface area contributed by atoms with E-state index in [4.69, 9.17) is 5.11 Å². The lowest BCUT2D eigenvalue weighted by Gasteiger charge is -2.17. The SMILES string of the molecule is CCCCCCCCCC(CCO)n1ccnc1. The second kappa shape index (κ2) is 10.1. The molecule has 0 saturated carbocycles. The number of aliphatic hydroxyl groups is 1. The smallest absolute Gasteiger partial charge is 0.0948 e. The van der Waals surface area contributed by atoms with Gasteiger partial charge >= 0.3 is 0 Å². The van der Waals surface area contributed by atoms with Crippen LogP contribution in [0.5, 0.6) is 0 Å². The minimum absolute atomic E-state index is 0.263. The Bertz CT molecular complexity index is 272. The van der Waals surface area contributed by atoms with Crippen LogP contribution in [0.2, 0.25) is 0 Å². The van der Waals surface area contributed by atoms with Crippen LogP contribution in [0.3, 0.4) is 0 Å². The summed E-state index contributed by atoms with van der Waals surface area (Å²) in [5.41, 5.74) is 0. The van der Waals surface area contributed by atoms with E-state index in [9.17, 15) is 0 Å². The van der Waals surface area contributed by atoms with Crippen molar-refractivity contribution in [1.82, 2.24) is 9.55 Å². The topological polar surface area (TPSA) is 38.0 Å². The molecular formula is C15H28N2O. The van der Waals surface area contributed by atoms with E-state index >= 15 is 0 Å². The number of hydrogen-bond acceptors (Lipinski definition) is 2. The molecule has 0 saturated heterocycles. The van der Waals surface area contributed by atoms with Gasteiger partial charge in [0, 0.05) is 25.0 Å². The molecule has 3 heteroatoms. The van der Waals surface area contributed by atoms with Gasteiger partial charge in [-0.3, -0.25) is 0 Å². The first-order valence-corrected chi connectivity index (χ1v) is 7.46. The molecule has 0 spiro atoms. The number of imidazole rings is 1. The fraction of sp³-hybridized carbons (Fsp3) is 0.800. The van der Waals surface area contributed by atoms with E-state index in [0.29, 0.717) is 6.04 Å². The van der Waals surface area contributed by atoms with Crippen molar-refractivity contribution in [1.29, 1.82) is 0 Å². The molecule has 0 radical (unpaired) electrons. The summed E-state index contributed by atoms with van der Waals surface area (Å²) in [6.45, 7) is 2.52. The minimum Gasteiger partial charge on any atom is -0.396 e. The van der Waals surface area contributed by atoms with Crippen LogP contribution in [-0.4, -0.2) is 21.3 Å². The average Bonchev–Trinajstić information content (AvgIpc) is 2.90. The Morgan fingerprint density at radius 2 is 1.78 bits per heavy atom. The maximum Gasteiger partial charge on any atom is 0.0948 e. The fourth-order valence-electron chi connectivity index (χ4n) is 2.41. The van der Waals surface area contributed by atoms with Gasteiger partial charge in [-0.15, -0.1) is 0 Å². The summed E-state index contributed by atoms with van der Waals surface area (Å²) < 4.78 is 2.13. The number of nitrogens with zero attached hydrogens (tertiary/aromatic N) is 2.